The molecule has 4 rings (SSSR count). The van der Waals surface area contributed by atoms with Crippen molar-refractivity contribution in [1.82, 2.24) is 15.1 Å². The summed E-state index contributed by atoms with van der Waals surface area (Å²) < 4.78 is 14.6. The molecule has 3 aliphatic rings. The van der Waals surface area contributed by atoms with E-state index in [1.165, 1.54) is 6.07 Å². The lowest BCUT2D eigenvalue weighted by Gasteiger charge is -2.38. The summed E-state index contributed by atoms with van der Waals surface area (Å²) in [5, 5.41) is 2.96. The van der Waals surface area contributed by atoms with Crippen LogP contribution in [-0.4, -0.2) is 66.0 Å². The number of halogens is 1. The second-order valence-corrected chi connectivity index (χ2v) is 8.86. The van der Waals surface area contributed by atoms with Gasteiger partial charge in [-0.2, -0.15) is 12.6 Å². The molecule has 2 aliphatic heterocycles. The Morgan fingerprint density at radius 1 is 1.24 bits per heavy atom. The Morgan fingerprint density at radius 2 is 2.03 bits per heavy atom. The first-order valence-corrected chi connectivity index (χ1v) is 10.9. The number of nitrogens with zero attached hydrogens (tertiary/aromatic N) is 2. The highest BCUT2D eigenvalue weighted by atomic mass is 32.1. The number of likely N-dealkylation sites (tertiary alicyclic amines) is 1. The van der Waals surface area contributed by atoms with Crippen LogP contribution in [0.25, 0.3) is 0 Å². The molecule has 2 atom stereocenters. The quantitative estimate of drug-likeness (QED) is 0.551. The second kappa shape index (κ2) is 8.98. The molecule has 1 N–H and O–H groups in total. The average Bonchev–Trinajstić information content (AvgIpc) is 3.55. The SMILES string of the molecule is O=C1CN(C/C=C2/CN(C(C(=O)C3CC3)c3ccccc3F)CCC2S)CCN1. The lowest BCUT2D eigenvalue weighted by Crippen LogP contribution is -2.47. The topological polar surface area (TPSA) is 52.7 Å². The van der Waals surface area contributed by atoms with Gasteiger partial charge in [0.2, 0.25) is 5.91 Å². The fourth-order valence-corrected chi connectivity index (χ4v) is 4.53. The van der Waals surface area contributed by atoms with Crippen molar-refractivity contribution < 1.29 is 14.0 Å². The van der Waals surface area contributed by atoms with Gasteiger partial charge in [-0.1, -0.05) is 24.3 Å². The Balaban J connectivity index is 1.52. The molecular weight excluding hydrogens is 389 g/mol. The molecule has 156 valence electrons. The summed E-state index contributed by atoms with van der Waals surface area (Å²) in [6, 6.07) is 6.11. The molecule has 1 aliphatic carbocycles. The molecule has 0 radical (unpaired) electrons. The van der Waals surface area contributed by atoms with Gasteiger partial charge >= 0.3 is 0 Å². The molecule has 3 fully saturated rings. The number of hydrogen-bond donors (Lipinski definition) is 2. The zero-order valence-corrected chi connectivity index (χ0v) is 17.4. The van der Waals surface area contributed by atoms with Gasteiger partial charge in [-0.25, -0.2) is 4.39 Å². The van der Waals surface area contributed by atoms with E-state index in [9.17, 15) is 14.0 Å². The van der Waals surface area contributed by atoms with E-state index < -0.39 is 6.04 Å². The summed E-state index contributed by atoms with van der Waals surface area (Å²) in [5.74, 6) is -0.0614. The molecular formula is C22H28FN3O2S. The summed E-state index contributed by atoms with van der Waals surface area (Å²) >= 11 is 4.74. The number of hydrogen-bond acceptors (Lipinski definition) is 5. The van der Waals surface area contributed by atoms with Crippen LogP contribution in [0.15, 0.2) is 35.9 Å². The Labute approximate surface area is 176 Å². The maximum atomic E-state index is 14.6. The van der Waals surface area contributed by atoms with Crippen molar-refractivity contribution >= 4 is 24.3 Å². The summed E-state index contributed by atoms with van der Waals surface area (Å²) in [5.41, 5.74) is 1.63. The Morgan fingerprint density at radius 3 is 2.76 bits per heavy atom. The van der Waals surface area contributed by atoms with Crippen LogP contribution in [-0.2, 0) is 9.59 Å². The molecule has 1 aromatic rings. The molecule has 0 aromatic heterocycles. The summed E-state index contributed by atoms with van der Waals surface area (Å²) in [6.45, 7) is 3.91. The number of carbonyl (C=O) groups excluding carboxylic acids is 2. The lowest BCUT2D eigenvalue weighted by molar-refractivity contribution is -0.126. The molecule has 0 spiro atoms. The van der Waals surface area contributed by atoms with Gasteiger partial charge in [-0.05, 0) is 30.9 Å². The van der Waals surface area contributed by atoms with Crippen molar-refractivity contribution in [3.05, 3.63) is 47.3 Å². The van der Waals surface area contributed by atoms with Gasteiger partial charge < -0.3 is 5.32 Å². The van der Waals surface area contributed by atoms with Crippen molar-refractivity contribution in [1.29, 1.82) is 0 Å². The van der Waals surface area contributed by atoms with Crippen molar-refractivity contribution in [2.45, 2.75) is 30.6 Å². The predicted octanol–water partition coefficient (Wildman–Crippen LogP) is 2.21. The van der Waals surface area contributed by atoms with E-state index in [0.29, 0.717) is 31.7 Å². The van der Waals surface area contributed by atoms with Crippen LogP contribution in [0.2, 0.25) is 0 Å². The molecule has 1 amide bonds. The number of piperazine rings is 1. The van der Waals surface area contributed by atoms with Crippen LogP contribution < -0.4 is 5.32 Å². The molecule has 2 saturated heterocycles. The summed E-state index contributed by atoms with van der Waals surface area (Å²) in [4.78, 5) is 28.9. The van der Waals surface area contributed by atoms with E-state index >= 15 is 0 Å². The zero-order chi connectivity index (χ0) is 20.4. The molecule has 2 heterocycles. The second-order valence-electron chi connectivity index (χ2n) is 8.24. The minimum Gasteiger partial charge on any atom is -0.354 e. The smallest absolute Gasteiger partial charge is 0.234 e. The normalized spacial score (nSPS) is 26.3. The van der Waals surface area contributed by atoms with Crippen molar-refractivity contribution in [2.24, 2.45) is 5.92 Å². The zero-order valence-electron chi connectivity index (χ0n) is 16.5. The number of amides is 1. The third-order valence-corrected chi connectivity index (χ3v) is 6.64. The highest BCUT2D eigenvalue weighted by Crippen LogP contribution is 2.39. The Kier molecular flexibility index (Phi) is 6.37. The standard InChI is InChI=1S/C22H28FN3O2S/c23-18-4-2-1-3-17(18)21(22(28)15-5-6-15)26-11-8-19(29)16(13-26)7-10-25-12-9-24-20(27)14-25/h1-4,7,15,19,21,29H,5-6,8-14H2,(H,24,27)/b16-7-. The first-order chi connectivity index (χ1) is 14.0. The largest absolute Gasteiger partial charge is 0.354 e. The van der Waals surface area contributed by atoms with Gasteiger partial charge in [-0.3, -0.25) is 19.4 Å². The van der Waals surface area contributed by atoms with Crippen LogP contribution in [0.1, 0.15) is 30.9 Å². The summed E-state index contributed by atoms with van der Waals surface area (Å²) in [6.07, 6.45) is 4.78. The van der Waals surface area contributed by atoms with E-state index in [1.807, 2.05) is 0 Å². The maximum Gasteiger partial charge on any atom is 0.234 e. The fourth-order valence-electron chi connectivity index (χ4n) is 4.22. The van der Waals surface area contributed by atoms with Gasteiger partial charge in [-0.15, -0.1) is 0 Å². The Bertz CT molecular complexity index is 811. The first kappa shape index (κ1) is 20.6. The first-order valence-electron chi connectivity index (χ1n) is 10.4. The average molecular weight is 418 g/mol. The number of rotatable bonds is 6. The maximum absolute atomic E-state index is 14.6. The highest BCUT2D eigenvalue weighted by Gasteiger charge is 2.40. The van der Waals surface area contributed by atoms with E-state index in [1.54, 1.807) is 18.2 Å². The molecule has 1 aromatic carbocycles. The number of thiol groups is 1. The number of nitrogens with one attached hydrogen (secondary N) is 1. The third kappa shape index (κ3) is 4.90. The third-order valence-electron chi connectivity index (χ3n) is 6.05. The molecule has 1 saturated carbocycles. The van der Waals surface area contributed by atoms with E-state index in [0.717, 1.165) is 37.9 Å². The number of carbonyl (C=O) groups is 2. The lowest BCUT2D eigenvalue weighted by atomic mass is 9.93. The minimum atomic E-state index is -0.534. The number of Topliss-reactive ketones (excluding diaryl/α,β-unsaturated/α-hetero) is 1. The van der Waals surface area contributed by atoms with Crippen molar-refractivity contribution in [2.75, 3.05) is 39.3 Å². The van der Waals surface area contributed by atoms with Crippen LogP contribution >= 0.6 is 12.6 Å². The summed E-state index contributed by atoms with van der Waals surface area (Å²) in [7, 11) is 0. The molecule has 7 heteroatoms. The molecule has 5 nitrogen and oxygen atoms in total. The van der Waals surface area contributed by atoms with Gasteiger partial charge in [0.15, 0.2) is 5.78 Å². The van der Waals surface area contributed by atoms with Crippen molar-refractivity contribution in [3.8, 4) is 0 Å². The Hall–Kier alpha value is -1.70. The monoisotopic (exact) mass is 417 g/mol. The number of ketones is 1. The van der Waals surface area contributed by atoms with E-state index in [-0.39, 0.29) is 28.7 Å². The van der Waals surface area contributed by atoms with Crippen molar-refractivity contribution in [3.63, 3.8) is 0 Å². The van der Waals surface area contributed by atoms with Crippen LogP contribution in [0.3, 0.4) is 0 Å². The minimum absolute atomic E-state index is 0.0528. The van der Waals surface area contributed by atoms with Crippen LogP contribution in [0.5, 0.6) is 0 Å². The van der Waals surface area contributed by atoms with Gasteiger partial charge in [0.1, 0.15) is 5.82 Å². The number of piperidine rings is 1. The van der Waals surface area contributed by atoms with Gasteiger partial charge in [0.05, 0.1) is 12.6 Å². The van der Waals surface area contributed by atoms with E-state index in [4.69, 9.17) is 12.6 Å². The van der Waals surface area contributed by atoms with Crippen LogP contribution in [0.4, 0.5) is 4.39 Å². The van der Waals surface area contributed by atoms with Gasteiger partial charge in [0, 0.05) is 49.5 Å². The van der Waals surface area contributed by atoms with E-state index in [2.05, 4.69) is 21.2 Å². The van der Waals surface area contributed by atoms with Crippen LogP contribution in [0, 0.1) is 11.7 Å². The molecule has 0 bridgehead atoms. The molecule has 29 heavy (non-hydrogen) atoms. The van der Waals surface area contributed by atoms with Gasteiger partial charge in [0.25, 0.3) is 0 Å². The molecule has 2 unspecified atom stereocenters. The fraction of sp³-hybridized carbons (Fsp3) is 0.545. The highest BCUT2D eigenvalue weighted by molar-refractivity contribution is 7.81. The number of benzene rings is 1. The predicted molar refractivity (Wildman–Crippen MR) is 113 cm³/mol.